The summed E-state index contributed by atoms with van der Waals surface area (Å²) in [5.74, 6) is 0. The third kappa shape index (κ3) is 8.59. The average Bonchev–Trinajstić information content (AvgIpc) is 2.32. The van der Waals surface area contributed by atoms with E-state index in [-0.39, 0.29) is 11.6 Å². The van der Waals surface area contributed by atoms with Crippen molar-refractivity contribution in [3.63, 3.8) is 0 Å². The van der Waals surface area contributed by atoms with Crippen LogP contribution in [-0.2, 0) is 4.74 Å². The van der Waals surface area contributed by atoms with Crippen molar-refractivity contribution in [2.45, 2.75) is 104 Å². The second kappa shape index (κ2) is 8.91. The van der Waals surface area contributed by atoms with Crippen molar-refractivity contribution in [2.24, 2.45) is 0 Å². The van der Waals surface area contributed by atoms with E-state index in [1.807, 2.05) is 25.7 Å². The van der Waals surface area contributed by atoms with Crippen LogP contribution in [0.1, 0.15) is 86.5 Å². The van der Waals surface area contributed by atoms with Crippen LogP contribution in [0.3, 0.4) is 0 Å². The summed E-state index contributed by atoms with van der Waals surface area (Å²) in [6.45, 7) is 13.5. The summed E-state index contributed by atoms with van der Waals surface area (Å²) in [4.78, 5) is 14.3. The molecule has 0 bridgehead atoms. The fraction of sp³-hybridized carbons (Fsp3) is 0.947. The van der Waals surface area contributed by atoms with Gasteiger partial charge in [0.1, 0.15) is 5.60 Å². The number of ether oxygens (including phenoxy) is 1. The number of nitrogens with one attached hydrogen (secondary N) is 1. The number of carbonyl (C=O) groups excluding carboxylic acids is 1. The van der Waals surface area contributed by atoms with Gasteiger partial charge in [0.05, 0.1) is 0 Å². The summed E-state index contributed by atoms with van der Waals surface area (Å²) in [5, 5.41) is 3.66. The van der Waals surface area contributed by atoms with Crippen molar-refractivity contribution in [3.8, 4) is 0 Å². The second-order valence-corrected chi connectivity index (χ2v) is 8.80. The minimum Gasteiger partial charge on any atom is -0.444 e. The molecule has 0 unspecified atom stereocenters. The van der Waals surface area contributed by atoms with Gasteiger partial charge >= 0.3 is 6.09 Å². The summed E-state index contributed by atoms with van der Waals surface area (Å²) in [6.07, 6.45) is 9.09. The molecule has 23 heavy (non-hydrogen) atoms. The Balaban J connectivity index is 2.49. The van der Waals surface area contributed by atoms with Crippen molar-refractivity contribution < 1.29 is 9.53 Å². The predicted octanol–water partition coefficient (Wildman–Crippen LogP) is 4.72. The van der Waals surface area contributed by atoms with Crippen LogP contribution in [0.5, 0.6) is 0 Å². The highest BCUT2D eigenvalue weighted by molar-refractivity contribution is 5.69. The van der Waals surface area contributed by atoms with E-state index < -0.39 is 5.60 Å². The third-order valence-corrected chi connectivity index (χ3v) is 4.30. The Labute approximate surface area is 143 Å². The van der Waals surface area contributed by atoms with Crippen molar-refractivity contribution in [1.29, 1.82) is 0 Å². The number of rotatable bonds is 4. The fourth-order valence-corrected chi connectivity index (χ4v) is 3.06. The fourth-order valence-electron chi connectivity index (χ4n) is 3.06. The monoisotopic (exact) mass is 326 g/mol. The topological polar surface area (TPSA) is 41.6 Å². The molecule has 136 valence electrons. The minimum absolute atomic E-state index is 0.218. The molecule has 0 aromatic heterocycles. The number of carbonyl (C=O) groups is 1. The molecule has 4 heteroatoms. The van der Waals surface area contributed by atoms with Crippen molar-refractivity contribution in [1.82, 2.24) is 10.2 Å². The zero-order valence-electron chi connectivity index (χ0n) is 16.2. The molecular weight excluding hydrogens is 288 g/mol. The van der Waals surface area contributed by atoms with Crippen molar-refractivity contribution in [2.75, 3.05) is 13.1 Å². The molecule has 0 heterocycles. The van der Waals surface area contributed by atoms with E-state index in [9.17, 15) is 4.79 Å². The molecule has 0 atom stereocenters. The molecule has 0 saturated heterocycles. The van der Waals surface area contributed by atoms with E-state index in [2.05, 4.69) is 26.1 Å². The van der Waals surface area contributed by atoms with Crippen LogP contribution in [0.2, 0.25) is 0 Å². The van der Waals surface area contributed by atoms with Crippen LogP contribution < -0.4 is 5.32 Å². The Hall–Kier alpha value is -0.770. The van der Waals surface area contributed by atoms with Crippen LogP contribution in [0.25, 0.3) is 0 Å². The Morgan fingerprint density at radius 2 is 1.52 bits per heavy atom. The predicted molar refractivity (Wildman–Crippen MR) is 96.8 cm³/mol. The van der Waals surface area contributed by atoms with Crippen molar-refractivity contribution in [3.05, 3.63) is 0 Å². The first-order valence-electron chi connectivity index (χ1n) is 9.33. The molecule has 1 saturated carbocycles. The standard InChI is InChI=1S/C19H38N2O2/c1-18(2,3)21(17(22)23-19(4,5)6)15-14-20-16-12-10-8-7-9-11-13-16/h16,20H,7-15H2,1-6H3. The van der Waals surface area contributed by atoms with E-state index in [0.29, 0.717) is 12.6 Å². The lowest BCUT2D eigenvalue weighted by Gasteiger charge is -2.37. The molecule has 0 radical (unpaired) electrons. The van der Waals surface area contributed by atoms with Gasteiger partial charge in [-0.05, 0) is 54.4 Å². The summed E-state index contributed by atoms with van der Waals surface area (Å²) in [5.41, 5.74) is -0.682. The molecule has 0 aromatic rings. The largest absolute Gasteiger partial charge is 0.444 e. The van der Waals surface area contributed by atoms with E-state index in [0.717, 1.165) is 6.54 Å². The molecule has 1 fully saturated rings. The van der Waals surface area contributed by atoms with Crippen LogP contribution in [-0.4, -0.2) is 41.3 Å². The molecule has 1 amide bonds. The maximum atomic E-state index is 12.5. The average molecular weight is 327 g/mol. The molecule has 0 spiro atoms. The summed E-state index contributed by atoms with van der Waals surface area (Å²) in [7, 11) is 0. The lowest BCUT2D eigenvalue weighted by atomic mass is 9.97. The molecule has 1 N–H and O–H groups in total. The Kier molecular flexibility index (Phi) is 7.85. The van der Waals surface area contributed by atoms with E-state index >= 15 is 0 Å². The molecule has 1 aliphatic carbocycles. The zero-order valence-corrected chi connectivity index (χ0v) is 16.2. The lowest BCUT2D eigenvalue weighted by Crippen LogP contribution is -2.51. The van der Waals surface area contributed by atoms with Gasteiger partial charge in [-0.1, -0.05) is 32.1 Å². The molecule has 0 aromatic carbocycles. The van der Waals surface area contributed by atoms with E-state index in [1.54, 1.807) is 0 Å². The van der Waals surface area contributed by atoms with Gasteiger partial charge in [-0.25, -0.2) is 4.79 Å². The third-order valence-electron chi connectivity index (χ3n) is 4.30. The van der Waals surface area contributed by atoms with E-state index in [1.165, 1.54) is 44.9 Å². The van der Waals surface area contributed by atoms with Crippen molar-refractivity contribution >= 4 is 6.09 Å². The van der Waals surface area contributed by atoms with Gasteiger partial charge in [0.2, 0.25) is 0 Å². The lowest BCUT2D eigenvalue weighted by molar-refractivity contribution is 0.00641. The molecule has 4 nitrogen and oxygen atoms in total. The minimum atomic E-state index is -0.451. The summed E-state index contributed by atoms with van der Waals surface area (Å²) >= 11 is 0. The zero-order chi connectivity index (χ0) is 17.5. The summed E-state index contributed by atoms with van der Waals surface area (Å²) in [6, 6.07) is 0.607. The smallest absolute Gasteiger partial charge is 0.410 e. The van der Waals surface area contributed by atoms with Crippen LogP contribution in [0.4, 0.5) is 4.79 Å². The SMILES string of the molecule is CC(C)(C)OC(=O)N(CCNC1CCCCCCC1)C(C)(C)C. The number of nitrogens with zero attached hydrogens (tertiary/aromatic N) is 1. The first-order chi connectivity index (χ1) is 10.6. The second-order valence-electron chi connectivity index (χ2n) is 8.80. The van der Waals surface area contributed by atoms with Gasteiger partial charge < -0.3 is 15.0 Å². The number of hydrogen-bond acceptors (Lipinski definition) is 3. The van der Waals surface area contributed by atoms with E-state index in [4.69, 9.17) is 4.74 Å². The first-order valence-corrected chi connectivity index (χ1v) is 9.33. The van der Waals surface area contributed by atoms with Gasteiger partial charge in [0.15, 0.2) is 0 Å². The normalized spacial score (nSPS) is 18.2. The maximum Gasteiger partial charge on any atom is 0.410 e. The van der Waals surface area contributed by atoms with Gasteiger partial charge in [-0.3, -0.25) is 0 Å². The summed E-state index contributed by atoms with van der Waals surface area (Å²) < 4.78 is 5.56. The Bertz CT molecular complexity index is 347. The van der Waals surface area contributed by atoms with Gasteiger partial charge in [0, 0.05) is 24.7 Å². The first kappa shape index (κ1) is 20.3. The van der Waals surface area contributed by atoms with Gasteiger partial charge in [-0.15, -0.1) is 0 Å². The Morgan fingerprint density at radius 3 is 2.00 bits per heavy atom. The Morgan fingerprint density at radius 1 is 1.00 bits per heavy atom. The molecule has 1 aliphatic rings. The van der Waals surface area contributed by atoms with Gasteiger partial charge in [-0.2, -0.15) is 0 Å². The van der Waals surface area contributed by atoms with Crippen LogP contribution >= 0.6 is 0 Å². The number of hydrogen-bond donors (Lipinski definition) is 1. The highest BCUT2D eigenvalue weighted by atomic mass is 16.6. The van der Waals surface area contributed by atoms with Crippen LogP contribution in [0.15, 0.2) is 0 Å². The molecule has 0 aliphatic heterocycles. The molecule has 1 rings (SSSR count). The maximum absolute atomic E-state index is 12.5. The quantitative estimate of drug-likeness (QED) is 0.812. The van der Waals surface area contributed by atoms with Gasteiger partial charge in [0.25, 0.3) is 0 Å². The van der Waals surface area contributed by atoms with Crippen LogP contribution in [0, 0.1) is 0 Å². The number of amides is 1. The molecular formula is C19H38N2O2. The highest BCUT2D eigenvalue weighted by Gasteiger charge is 2.30. The highest BCUT2D eigenvalue weighted by Crippen LogP contribution is 2.19.